The molecular formula is C14H20N6. The highest BCUT2D eigenvalue weighted by Crippen LogP contribution is 2.34. The molecule has 0 aliphatic carbocycles. The number of nitrogens with zero attached hydrogens (tertiary/aromatic N) is 3. The van der Waals surface area contributed by atoms with Gasteiger partial charge >= 0.3 is 0 Å². The van der Waals surface area contributed by atoms with Crippen LogP contribution >= 0.6 is 0 Å². The molecule has 106 valence electrons. The van der Waals surface area contributed by atoms with Crippen molar-refractivity contribution in [1.29, 1.82) is 0 Å². The summed E-state index contributed by atoms with van der Waals surface area (Å²) in [6.45, 7) is 6.35. The summed E-state index contributed by atoms with van der Waals surface area (Å²) in [5.41, 5.74) is 10.3. The first-order valence-electron chi connectivity index (χ1n) is 6.85. The van der Waals surface area contributed by atoms with Gasteiger partial charge in [-0.15, -0.1) is 0 Å². The van der Waals surface area contributed by atoms with Crippen LogP contribution in [0.2, 0.25) is 0 Å². The number of H-pyrrole nitrogens is 1. The lowest BCUT2D eigenvalue weighted by atomic mass is 9.93. The van der Waals surface area contributed by atoms with Crippen molar-refractivity contribution in [2.75, 3.05) is 0 Å². The van der Waals surface area contributed by atoms with E-state index in [4.69, 9.17) is 5.73 Å². The number of allylic oxidation sites excluding steroid dienone is 2. The number of hydrogen-bond donors (Lipinski definition) is 3. The van der Waals surface area contributed by atoms with Gasteiger partial charge in [-0.25, -0.2) is 4.99 Å². The van der Waals surface area contributed by atoms with Gasteiger partial charge in [0, 0.05) is 30.6 Å². The summed E-state index contributed by atoms with van der Waals surface area (Å²) in [4.78, 5) is 6.63. The molecule has 2 aliphatic heterocycles. The van der Waals surface area contributed by atoms with E-state index in [1.54, 1.807) is 0 Å². The molecule has 4 N–H and O–H groups in total. The molecule has 2 aliphatic rings. The number of aromatic nitrogens is 2. The molecule has 3 heterocycles. The van der Waals surface area contributed by atoms with E-state index in [1.165, 1.54) is 11.1 Å². The van der Waals surface area contributed by atoms with E-state index >= 15 is 0 Å². The van der Waals surface area contributed by atoms with Gasteiger partial charge in [-0.1, -0.05) is 0 Å². The zero-order valence-corrected chi connectivity index (χ0v) is 12.0. The van der Waals surface area contributed by atoms with Crippen LogP contribution < -0.4 is 11.1 Å². The Kier molecular flexibility index (Phi) is 3.00. The summed E-state index contributed by atoms with van der Waals surface area (Å²) in [6.07, 6.45) is 4.95. The fourth-order valence-electron chi connectivity index (χ4n) is 2.74. The van der Waals surface area contributed by atoms with Crippen molar-refractivity contribution >= 4 is 11.5 Å². The number of hydrogen-bond acceptors (Lipinski definition) is 5. The number of aliphatic imine (C=N–C) groups is 1. The third-order valence-corrected chi connectivity index (χ3v) is 3.78. The Morgan fingerprint density at radius 1 is 1.45 bits per heavy atom. The Bertz CT molecular complexity index is 593. The molecule has 1 aromatic heterocycles. The minimum atomic E-state index is 0.0928. The van der Waals surface area contributed by atoms with Crippen LogP contribution in [0.25, 0.3) is 5.57 Å². The summed E-state index contributed by atoms with van der Waals surface area (Å²) < 4.78 is 0. The highest BCUT2D eigenvalue weighted by atomic mass is 15.3. The summed E-state index contributed by atoms with van der Waals surface area (Å²) in [5, 5.41) is 10.4. The average Bonchev–Trinajstić information content (AvgIpc) is 2.91. The number of nitrogens with two attached hydrogens (primary N) is 1. The highest BCUT2D eigenvalue weighted by Gasteiger charge is 2.32. The molecule has 1 unspecified atom stereocenters. The molecule has 0 radical (unpaired) electrons. The predicted molar refractivity (Wildman–Crippen MR) is 79.4 cm³/mol. The summed E-state index contributed by atoms with van der Waals surface area (Å²) in [5.74, 6) is 0.485. The van der Waals surface area contributed by atoms with E-state index in [0.29, 0.717) is 12.0 Å². The SMILES string of the molecule is CC1=C2CC(c3cc[nH]n3)=CN(C(C)C)C2NC(N)=N1. The molecule has 3 rings (SSSR count). The first-order chi connectivity index (χ1) is 9.56. The van der Waals surface area contributed by atoms with Gasteiger partial charge in [-0.3, -0.25) is 5.10 Å². The van der Waals surface area contributed by atoms with Crippen LogP contribution in [0.1, 0.15) is 32.9 Å². The van der Waals surface area contributed by atoms with Gasteiger partial charge in [0.2, 0.25) is 0 Å². The fourth-order valence-corrected chi connectivity index (χ4v) is 2.74. The first-order valence-corrected chi connectivity index (χ1v) is 6.85. The summed E-state index contributed by atoms with van der Waals surface area (Å²) in [7, 11) is 0. The third kappa shape index (κ3) is 2.07. The largest absolute Gasteiger partial charge is 0.370 e. The maximum atomic E-state index is 5.86. The quantitative estimate of drug-likeness (QED) is 0.759. The lowest BCUT2D eigenvalue weighted by molar-refractivity contribution is 0.229. The molecule has 0 bridgehead atoms. The molecule has 0 saturated carbocycles. The first kappa shape index (κ1) is 12.8. The van der Waals surface area contributed by atoms with Gasteiger partial charge in [0.15, 0.2) is 5.96 Å². The van der Waals surface area contributed by atoms with Crippen LogP contribution in [0.5, 0.6) is 0 Å². The van der Waals surface area contributed by atoms with E-state index in [2.05, 4.69) is 45.5 Å². The van der Waals surface area contributed by atoms with Gasteiger partial charge < -0.3 is 16.0 Å². The van der Waals surface area contributed by atoms with Crippen molar-refractivity contribution in [2.24, 2.45) is 10.7 Å². The molecular weight excluding hydrogens is 252 g/mol. The van der Waals surface area contributed by atoms with Crippen molar-refractivity contribution < 1.29 is 0 Å². The van der Waals surface area contributed by atoms with Crippen LogP contribution in [0, 0.1) is 0 Å². The van der Waals surface area contributed by atoms with Gasteiger partial charge in [-0.05, 0) is 38.0 Å². The molecule has 0 aromatic carbocycles. The van der Waals surface area contributed by atoms with Crippen molar-refractivity contribution in [1.82, 2.24) is 20.4 Å². The number of nitrogens with one attached hydrogen (secondary N) is 2. The van der Waals surface area contributed by atoms with E-state index < -0.39 is 0 Å². The maximum Gasteiger partial charge on any atom is 0.195 e. The van der Waals surface area contributed by atoms with Crippen LogP contribution in [-0.2, 0) is 0 Å². The molecule has 1 atom stereocenters. The van der Waals surface area contributed by atoms with Gasteiger partial charge in [0.25, 0.3) is 0 Å². The summed E-state index contributed by atoms with van der Waals surface area (Å²) >= 11 is 0. The highest BCUT2D eigenvalue weighted by molar-refractivity contribution is 5.82. The molecule has 6 nitrogen and oxygen atoms in total. The molecule has 0 saturated heterocycles. The van der Waals surface area contributed by atoms with Crippen LogP contribution in [0.3, 0.4) is 0 Å². The number of aromatic amines is 1. The molecule has 0 fully saturated rings. The predicted octanol–water partition coefficient (Wildman–Crippen LogP) is 1.38. The second-order valence-corrected chi connectivity index (χ2v) is 5.49. The fraction of sp³-hybridized carbons (Fsp3) is 0.429. The third-order valence-electron chi connectivity index (χ3n) is 3.78. The van der Waals surface area contributed by atoms with Crippen molar-refractivity contribution in [3.05, 3.63) is 35.4 Å². The van der Waals surface area contributed by atoms with Crippen molar-refractivity contribution in [3.63, 3.8) is 0 Å². The van der Waals surface area contributed by atoms with E-state index in [1.807, 2.05) is 19.2 Å². The molecule has 0 amide bonds. The molecule has 0 spiro atoms. The lowest BCUT2D eigenvalue weighted by Crippen LogP contribution is -2.55. The Labute approximate surface area is 118 Å². The standard InChI is InChI=1S/C14H20N6/c1-8(2)20-7-10(12-4-5-16-19-12)6-11-9(3)17-14(15)18-13(11)20/h4-5,7-8,13H,6H2,1-3H3,(H,16,19)(H3,15,17,18). The zero-order chi connectivity index (χ0) is 14.3. The average molecular weight is 272 g/mol. The Hall–Kier alpha value is -2.24. The van der Waals surface area contributed by atoms with Crippen molar-refractivity contribution in [2.45, 2.75) is 39.4 Å². The number of rotatable bonds is 2. The summed E-state index contributed by atoms with van der Waals surface area (Å²) in [6, 6.07) is 2.35. The van der Waals surface area contributed by atoms with E-state index in [0.717, 1.165) is 17.8 Å². The Balaban J connectivity index is 2.05. The zero-order valence-electron chi connectivity index (χ0n) is 12.0. The monoisotopic (exact) mass is 272 g/mol. The smallest absolute Gasteiger partial charge is 0.195 e. The molecule has 6 heteroatoms. The van der Waals surface area contributed by atoms with E-state index in [9.17, 15) is 0 Å². The molecule has 1 aromatic rings. The second kappa shape index (κ2) is 4.70. The Morgan fingerprint density at radius 2 is 2.25 bits per heavy atom. The normalized spacial score (nSPS) is 22.4. The van der Waals surface area contributed by atoms with Crippen LogP contribution in [-0.4, -0.2) is 33.3 Å². The maximum absolute atomic E-state index is 5.86. The van der Waals surface area contributed by atoms with Crippen LogP contribution in [0.15, 0.2) is 34.7 Å². The van der Waals surface area contributed by atoms with Gasteiger partial charge in [0.05, 0.1) is 5.69 Å². The minimum absolute atomic E-state index is 0.0928. The van der Waals surface area contributed by atoms with Gasteiger partial charge in [-0.2, -0.15) is 5.10 Å². The number of guanidine groups is 1. The van der Waals surface area contributed by atoms with Gasteiger partial charge in [0.1, 0.15) is 6.17 Å². The second-order valence-electron chi connectivity index (χ2n) is 5.49. The number of fused-ring (bicyclic) bond motifs is 1. The lowest BCUT2D eigenvalue weighted by Gasteiger charge is -2.42. The van der Waals surface area contributed by atoms with E-state index in [-0.39, 0.29) is 6.17 Å². The topological polar surface area (TPSA) is 82.3 Å². The Morgan fingerprint density at radius 3 is 2.90 bits per heavy atom. The van der Waals surface area contributed by atoms with Crippen LogP contribution in [0.4, 0.5) is 0 Å². The minimum Gasteiger partial charge on any atom is -0.370 e. The van der Waals surface area contributed by atoms with Crippen molar-refractivity contribution in [3.8, 4) is 0 Å². The molecule has 20 heavy (non-hydrogen) atoms.